The first kappa shape index (κ1) is 22.4. The van der Waals surface area contributed by atoms with Crippen molar-refractivity contribution in [2.45, 2.75) is 48.0 Å². The summed E-state index contributed by atoms with van der Waals surface area (Å²) in [6.45, 7) is 14.9. The second-order valence-corrected chi connectivity index (χ2v) is 7.69. The Hall–Kier alpha value is -1.61. The van der Waals surface area contributed by atoms with Crippen molar-refractivity contribution in [2.75, 3.05) is 20.1 Å². The fraction of sp³-hybridized carbons (Fsp3) is 0.500. The smallest absolute Gasteiger partial charge is 0.132 e. The van der Waals surface area contributed by atoms with Gasteiger partial charge in [-0.1, -0.05) is 37.9 Å². The van der Waals surface area contributed by atoms with Gasteiger partial charge in [0, 0.05) is 36.4 Å². The van der Waals surface area contributed by atoms with E-state index in [9.17, 15) is 4.39 Å². The molecule has 0 spiro atoms. The lowest BCUT2D eigenvalue weighted by Gasteiger charge is -2.31. The predicted octanol–water partition coefficient (Wildman–Crippen LogP) is 6.51. The number of benzene rings is 1. The predicted molar refractivity (Wildman–Crippen MR) is 113 cm³/mol. The van der Waals surface area contributed by atoms with Gasteiger partial charge in [-0.25, -0.2) is 4.39 Å². The minimum absolute atomic E-state index is 0.314. The van der Waals surface area contributed by atoms with Crippen LogP contribution in [0, 0.1) is 11.7 Å². The lowest BCUT2D eigenvalue weighted by Crippen LogP contribution is -2.29. The fourth-order valence-corrected chi connectivity index (χ4v) is 3.37. The van der Waals surface area contributed by atoms with Crippen molar-refractivity contribution in [3.8, 4) is 0 Å². The molecular formula is C22H32ClFN2. The largest absolute Gasteiger partial charge is 0.371 e. The van der Waals surface area contributed by atoms with E-state index in [1.165, 1.54) is 17.3 Å². The number of aliphatic imine (C=N–C) groups is 1. The van der Waals surface area contributed by atoms with Crippen LogP contribution in [0.4, 0.5) is 4.39 Å². The second-order valence-electron chi connectivity index (χ2n) is 7.25. The fourth-order valence-electron chi connectivity index (χ4n) is 3.20. The number of halogens is 2. The van der Waals surface area contributed by atoms with E-state index in [4.69, 9.17) is 11.6 Å². The van der Waals surface area contributed by atoms with Gasteiger partial charge in [-0.15, -0.1) is 0 Å². The summed E-state index contributed by atoms with van der Waals surface area (Å²) in [6, 6.07) is 4.57. The number of nitrogens with zero attached hydrogens (tertiary/aromatic N) is 2. The summed E-state index contributed by atoms with van der Waals surface area (Å²) in [4.78, 5) is 6.73. The number of hydrogen-bond acceptors (Lipinski definition) is 2. The van der Waals surface area contributed by atoms with E-state index in [-0.39, 0.29) is 5.82 Å². The normalized spacial score (nSPS) is 12.5. The van der Waals surface area contributed by atoms with Gasteiger partial charge in [-0.05, 0) is 63.0 Å². The summed E-state index contributed by atoms with van der Waals surface area (Å²) in [7, 11) is 1.68. The molecule has 1 rings (SSSR count). The monoisotopic (exact) mass is 378 g/mol. The molecule has 0 bridgehead atoms. The average molecular weight is 379 g/mol. The first-order valence-corrected chi connectivity index (χ1v) is 9.62. The highest BCUT2D eigenvalue weighted by Gasteiger charge is 2.16. The molecule has 26 heavy (non-hydrogen) atoms. The van der Waals surface area contributed by atoms with Gasteiger partial charge in [0.15, 0.2) is 0 Å². The first-order valence-electron chi connectivity index (χ1n) is 9.24. The molecule has 0 unspecified atom stereocenters. The highest BCUT2D eigenvalue weighted by Crippen LogP contribution is 2.23. The zero-order valence-corrected chi connectivity index (χ0v) is 17.9. The van der Waals surface area contributed by atoms with E-state index in [1.54, 1.807) is 19.2 Å². The molecule has 0 saturated heterocycles. The topological polar surface area (TPSA) is 15.6 Å². The van der Waals surface area contributed by atoms with Gasteiger partial charge in [-0.3, -0.25) is 4.99 Å². The van der Waals surface area contributed by atoms with Crippen molar-refractivity contribution in [1.29, 1.82) is 0 Å². The maximum absolute atomic E-state index is 14.3. The molecule has 0 heterocycles. The first-order chi connectivity index (χ1) is 12.2. The quantitative estimate of drug-likeness (QED) is 0.372. The Bertz CT molecular complexity index is 698. The molecule has 1 aromatic carbocycles. The second kappa shape index (κ2) is 10.5. The molecule has 0 aliphatic carbocycles. The summed E-state index contributed by atoms with van der Waals surface area (Å²) in [5, 5.41) is 0.503. The van der Waals surface area contributed by atoms with Crippen molar-refractivity contribution in [2.24, 2.45) is 10.9 Å². The Morgan fingerprint density at radius 2 is 1.92 bits per heavy atom. The van der Waals surface area contributed by atoms with Crippen LogP contribution < -0.4 is 0 Å². The van der Waals surface area contributed by atoms with Crippen LogP contribution in [0.25, 0.3) is 0 Å². The van der Waals surface area contributed by atoms with E-state index < -0.39 is 0 Å². The molecule has 144 valence electrons. The van der Waals surface area contributed by atoms with E-state index >= 15 is 0 Å². The molecule has 0 aromatic heterocycles. The van der Waals surface area contributed by atoms with Crippen molar-refractivity contribution >= 4 is 17.3 Å². The minimum atomic E-state index is -0.314. The lowest BCUT2D eigenvalue weighted by atomic mass is 10.0. The van der Waals surface area contributed by atoms with Gasteiger partial charge < -0.3 is 4.90 Å². The molecule has 0 radical (unpaired) electrons. The molecular weight excluding hydrogens is 347 g/mol. The van der Waals surface area contributed by atoms with Crippen molar-refractivity contribution < 1.29 is 4.39 Å². The molecule has 0 saturated carbocycles. The summed E-state index contributed by atoms with van der Waals surface area (Å²) in [5.74, 6) is 0.249. The number of allylic oxidation sites excluding steroid dienone is 3. The van der Waals surface area contributed by atoms with Crippen LogP contribution in [0.15, 0.2) is 46.1 Å². The van der Waals surface area contributed by atoms with Crippen LogP contribution in [-0.4, -0.2) is 30.7 Å². The number of rotatable bonds is 8. The molecule has 1 aromatic rings. The zero-order valence-electron chi connectivity index (χ0n) is 17.2. The van der Waals surface area contributed by atoms with Crippen LogP contribution in [0.1, 0.15) is 53.5 Å². The summed E-state index contributed by atoms with van der Waals surface area (Å²) in [5.41, 5.74) is 4.57. The Morgan fingerprint density at radius 3 is 2.42 bits per heavy atom. The summed E-state index contributed by atoms with van der Waals surface area (Å²) in [6.07, 6.45) is 3.04. The van der Waals surface area contributed by atoms with Crippen molar-refractivity contribution in [3.05, 3.63) is 57.5 Å². The lowest BCUT2D eigenvalue weighted by molar-refractivity contribution is 0.307. The van der Waals surface area contributed by atoms with E-state index in [0.29, 0.717) is 22.2 Å². The standard InChI is InChI=1S/C22H32ClFN2/c1-8-11-26(14-15(2)3)22(16(4)5)17(6)12-21(25-7)19-13-18(23)9-10-20(19)24/h9-10,12-13,15H,8,11,14H2,1-7H3/b17-12-,25-21+. The highest BCUT2D eigenvalue weighted by atomic mass is 35.5. The molecule has 0 aliphatic heterocycles. The third-order valence-electron chi connectivity index (χ3n) is 4.04. The molecule has 0 N–H and O–H groups in total. The van der Waals surface area contributed by atoms with Crippen LogP contribution in [0.2, 0.25) is 5.02 Å². The van der Waals surface area contributed by atoms with Gasteiger partial charge in [0.25, 0.3) is 0 Å². The SMILES string of the molecule is CCCN(CC(C)C)C(=C(C)C)/C(C)=C\C(=N/C)c1cc(Cl)ccc1F. The maximum Gasteiger partial charge on any atom is 0.132 e. The van der Waals surface area contributed by atoms with Crippen LogP contribution in [0.5, 0.6) is 0 Å². The zero-order chi connectivity index (χ0) is 19.9. The third-order valence-corrected chi connectivity index (χ3v) is 4.28. The highest BCUT2D eigenvalue weighted by molar-refractivity contribution is 6.31. The Morgan fingerprint density at radius 1 is 1.27 bits per heavy atom. The average Bonchev–Trinajstić information content (AvgIpc) is 2.54. The third kappa shape index (κ3) is 6.28. The molecule has 0 atom stereocenters. The van der Waals surface area contributed by atoms with Crippen molar-refractivity contribution in [1.82, 2.24) is 4.90 Å². The van der Waals surface area contributed by atoms with Crippen LogP contribution in [-0.2, 0) is 0 Å². The molecule has 0 amide bonds. The molecule has 2 nitrogen and oxygen atoms in total. The molecule has 4 heteroatoms. The van der Waals surface area contributed by atoms with Gasteiger partial charge in [-0.2, -0.15) is 0 Å². The Kier molecular flexibility index (Phi) is 9.07. The summed E-state index contributed by atoms with van der Waals surface area (Å²) < 4.78 is 14.3. The Balaban J connectivity index is 3.35. The van der Waals surface area contributed by atoms with Gasteiger partial charge in [0.1, 0.15) is 5.82 Å². The minimum Gasteiger partial charge on any atom is -0.371 e. The van der Waals surface area contributed by atoms with E-state index in [1.807, 2.05) is 6.08 Å². The maximum atomic E-state index is 14.3. The van der Waals surface area contributed by atoms with Gasteiger partial charge >= 0.3 is 0 Å². The van der Waals surface area contributed by atoms with Crippen molar-refractivity contribution in [3.63, 3.8) is 0 Å². The molecule has 0 aliphatic rings. The molecule has 0 fully saturated rings. The van der Waals surface area contributed by atoms with Gasteiger partial charge in [0.05, 0.1) is 5.71 Å². The summed E-state index contributed by atoms with van der Waals surface area (Å²) >= 11 is 6.06. The van der Waals surface area contributed by atoms with Crippen LogP contribution >= 0.6 is 11.6 Å². The van der Waals surface area contributed by atoms with Crippen LogP contribution in [0.3, 0.4) is 0 Å². The Labute approximate surface area is 163 Å². The number of hydrogen-bond donors (Lipinski definition) is 0. The van der Waals surface area contributed by atoms with E-state index in [2.05, 4.69) is 51.4 Å². The van der Waals surface area contributed by atoms with Gasteiger partial charge in [0.2, 0.25) is 0 Å². The van der Waals surface area contributed by atoms with E-state index in [0.717, 1.165) is 25.1 Å².